The zero-order chi connectivity index (χ0) is 20.3. The number of benzene rings is 1. The molecule has 7 nitrogen and oxygen atoms in total. The van der Waals surface area contributed by atoms with Gasteiger partial charge < -0.3 is 5.32 Å². The average Bonchev–Trinajstić information content (AvgIpc) is 3.28. The third-order valence-electron chi connectivity index (χ3n) is 4.68. The molecular formula is C20H26N6OS. The molecule has 1 unspecified atom stereocenters. The SMILES string of the molecule is CCC(C)n1nccc1NC(=O)CSc1nnc(C)n1-c1cc(C)ccc1C. The number of rotatable bonds is 7. The van der Waals surface area contributed by atoms with Crippen LogP contribution in [0.1, 0.15) is 43.3 Å². The summed E-state index contributed by atoms with van der Waals surface area (Å²) in [5.74, 6) is 1.66. The highest BCUT2D eigenvalue weighted by atomic mass is 32.2. The molecule has 3 aromatic rings. The van der Waals surface area contributed by atoms with E-state index in [1.165, 1.54) is 17.3 Å². The summed E-state index contributed by atoms with van der Waals surface area (Å²) in [6, 6.07) is 8.33. The Bertz CT molecular complexity index is 977. The number of hydrogen-bond acceptors (Lipinski definition) is 5. The van der Waals surface area contributed by atoms with Crippen LogP contribution in [0.2, 0.25) is 0 Å². The predicted octanol–water partition coefficient (Wildman–Crippen LogP) is 4.09. The molecule has 0 aliphatic rings. The minimum absolute atomic E-state index is 0.0942. The zero-order valence-electron chi connectivity index (χ0n) is 16.9. The van der Waals surface area contributed by atoms with E-state index in [0.29, 0.717) is 11.0 Å². The fourth-order valence-electron chi connectivity index (χ4n) is 2.92. The number of nitrogens with zero attached hydrogens (tertiary/aromatic N) is 5. The molecular weight excluding hydrogens is 372 g/mol. The highest BCUT2D eigenvalue weighted by molar-refractivity contribution is 7.99. The Balaban J connectivity index is 1.73. The van der Waals surface area contributed by atoms with Crippen molar-refractivity contribution in [2.75, 3.05) is 11.1 Å². The van der Waals surface area contributed by atoms with Gasteiger partial charge in [-0.25, -0.2) is 4.68 Å². The first-order chi connectivity index (χ1) is 13.4. The highest BCUT2D eigenvalue weighted by Crippen LogP contribution is 2.25. The van der Waals surface area contributed by atoms with Crippen molar-refractivity contribution in [3.63, 3.8) is 0 Å². The second-order valence-corrected chi connectivity index (χ2v) is 7.85. The smallest absolute Gasteiger partial charge is 0.235 e. The summed E-state index contributed by atoms with van der Waals surface area (Å²) in [6.07, 6.45) is 2.65. The van der Waals surface area contributed by atoms with E-state index in [2.05, 4.69) is 66.5 Å². The van der Waals surface area contributed by atoms with E-state index >= 15 is 0 Å². The van der Waals surface area contributed by atoms with Crippen molar-refractivity contribution < 1.29 is 4.79 Å². The number of hydrogen-bond donors (Lipinski definition) is 1. The molecule has 0 saturated heterocycles. The lowest BCUT2D eigenvalue weighted by molar-refractivity contribution is -0.113. The summed E-state index contributed by atoms with van der Waals surface area (Å²) < 4.78 is 3.84. The molecule has 1 amide bonds. The van der Waals surface area contributed by atoms with Gasteiger partial charge in [0.1, 0.15) is 11.6 Å². The standard InChI is InChI=1S/C20H26N6OS/c1-6-15(4)26-18(9-10-21-26)22-19(27)12-28-20-24-23-16(5)25(20)17-11-13(2)7-8-14(17)3/h7-11,15H,6,12H2,1-5H3,(H,22,27). The van der Waals surface area contributed by atoms with Crippen molar-refractivity contribution >= 4 is 23.5 Å². The third kappa shape index (κ3) is 4.27. The Morgan fingerprint density at radius 3 is 2.75 bits per heavy atom. The van der Waals surface area contributed by atoms with Gasteiger partial charge in [-0.1, -0.05) is 30.8 Å². The van der Waals surface area contributed by atoms with Crippen LogP contribution >= 0.6 is 11.8 Å². The fraction of sp³-hybridized carbons (Fsp3) is 0.400. The quantitative estimate of drug-likeness (QED) is 0.607. The third-order valence-corrected chi connectivity index (χ3v) is 5.61. The van der Waals surface area contributed by atoms with Crippen molar-refractivity contribution in [1.29, 1.82) is 0 Å². The number of anilines is 1. The van der Waals surface area contributed by atoms with Crippen LogP contribution < -0.4 is 5.32 Å². The number of nitrogens with one attached hydrogen (secondary N) is 1. The first kappa shape index (κ1) is 20.1. The molecule has 148 valence electrons. The predicted molar refractivity (Wildman–Crippen MR) is 112 cm³/mol. The fourth-order valence-corrected chi connectivity index (χ4v) is 3.71. The monoisotopic (exact) mass is 398 g/mol. The van der Waals surface area contributed by atoms with E-state index in [0.717, 1.165) is 23.5 Å². The molecule has 1 aromatic carbocycles. The number of carbonyl (C=O) groups excluding carboxylic acids is 1. The average molecular weight is 399 g/mol. The Labute approximate surface area is 169 Å². The van der Waals surface area contributed by atoms with E-state index in [1.807, 2.05) is 22.2 Å². The highest BCUT2D eigenvalue weighted by Gasteiger charge is 2.16. The van der Waals surface area contributed by atoms with Gasteiger partial charge in [-0.2, -0.15) is 5.10 Å². The van der Waals surface area contributed by atoms with Gasteiger partial charge in [-0.3, -0.25) is 9.36 Å². The van der Waals surface area contributed by atoms with Crippen LogP contribution in [0.4, 0.5) is 5.82 Å². The van der Waals surface area contributed by atoms with E-state index in [-0.39, 0.29) is 17.7 Å². The normalized spacial score (nSPS) is 12.2. The van der Waals surface area contributed by atoms with Crippen LogP contribution in [-0.2, 0) is 4.79 Å². The topological polar surface area (TPSA) is 77.6 Å². The molecule has 0 saturated carbocycles. The van der Waals surface area contributed by atoms with E-state index in [1.54, 1.807) is 6.20 Å². The Kier molecular flexibility index (Phi) is 6.18. The minimum atomic E-state index is -0.0942. The molecule has 0 aliphatic carbocycles. The van der Waals surface area contributed by atoms with E-state index in [4.69, 9.17) is 0 Å². The molecule has 0 aliphatic heterocycles. The minimum Gasteiger partial charge on any atom is -0.310 e. The van der Waals surface area contributed by atoms with Gasteiger partial charge >= 0.3 is 0 Å². The number of aromatic nitrogens is 5. The molecule has 0 fully saturated rings. The maximum atomic E-state index is 12.5. The van der Waals surface area contributed by atoms with Crippen LogP contribution in [0.5, 0.6) is 0 Å². The lowest BCUT2D eigenvalue weighted by atomic mass is 10.1. The van der Waals surface area contributed by atoms with Crippen LogP contribution in [0.25, 0.3) is 5.69 Å². The number of thioether (sulfide) groups is 1. The summed E-state index contributed by atoms with van der Waals surface area (Å²) in [7, 11) is 0. The summed E-state index contributed by atoms with van der Waals surface area (Å²) in [5.41, 5.74) is 3.35. The number of aryl methyl sites for hydroxylation is 3. The van der Waals surface area contributed by atoms with Crippen LogP contribution in [0, 0.1) is 20.8 Å². The maximum absolute atomic E-state index is 12.5. The van der Waals surface area contributed by atoms with Gasteiger partial charge in [0.25, 0.3) is 0 Å². The Hall–Kier alpha value is -2.61. The van der Waals surface area contributed by atoms with E-state index in [9.17, 15) is 4.79 Å². The summed E-state index contributed by atoms with van der Waals surface area (Å²) in [4.78, 5) is 12.5. The van der Waals surface area contributed by atoms with Crippen LogP contribution in [0.3, 0.4) is 0 Å². The van der Waals surface area contributed by atoms with E-state index < -0.39 is 0 Å². The lowest BCUT2D eigenvalue weighted by Gasteiger charge is -2.14. The van der Waals surface area contributed by atoms with Crippen LogP contribution in [0.15, 0.2) is 35.6 Å². The Morgan fingerprint density at radius 2 is 2.00 bits per heavy atom. The van der Waals surface area contributed by atoms with Crippen molar-refractivity contribution in [2.45, 2.75) is 52.2 Å². The Morgan fingerprint density at radius 1 is 1.21 bits per heavy atom. The zero-order valence-corrected chi connectivity index (χ0v) is 17.7. The molecule has 0 bridgehead atoms. The molecule has 3 rings (SSSR count). The molecule has 1 atom stereocenters. The van der Waals surface area contributed by atoms with Gasteiger partial charge in [0, 0.05) is 6.07 Å². The van der Waals surface area contributed by atoms with Crippen molar-refractivity contribution in [3.05, 3.63) is 47.4 Å². The molecule has 8 heteroatoms. The molecule has 2 aromatic heterocycles. The second-order valence-electron chi connectivity index (χ2n) is 6.91. The van der Waals surface area contributed by atoms with Crippen molar-refractivity contribution in [2.24, 2.45) is 0 Å². The second kappa shape index (κ2) is 8.60. The summed E-state index contributed by atoms with van der Waals surface area (Å²) in [6.45, 7) is 10.2. The molecule has 0 spiro atoms. The first-order valence-corrected chi connectivity index (χ1v) is 10.3. The maximum Gasteiger partial charge on any atom is 0.235 e. The molecule has 28 heavy (non-hydrogen) atoms. The largest absolute Gasteiger partial charge is 0.310 e. The van der Waals surface area contributed by atoms with Gasteiger partial charge in [-0.15, -0.1) is 10.2 Å². The lowest BCUT2D eigenvalue weighted by Crippen LogP contribution is -2.19. The molecule has 0 radical (unpaired) electrons. The van der Waals surface area contributed by atoms with Crippen molar-refractivity contribution in [1.82, 2.24) is 24.5 Å². The van der Waals surface area contributed by atoms with Crippen LogP contribution in [-0.4, -0.2) is 36.2 Å². The van der Waals surface area contributed by atoms with Gasteiger partial charge in [0.05, 0.1) is 23.7 Å². The van der Waals surface area contributed by atoms with Gasteiger partial charge in [-0.05, 0) is 51.3 Å². The molecule has 2 heterocycles. The van der Waals surface area contributed by atoms with Gasteiger partial charge in [0.15, 0.2) is 5.16 Å². The first-order valence-electron chi connectivity index (χ1n) is 9.36. The number of amides is 1. The molecule has 1 N–H and O–H groups in total. The number of carbonyl (C=O) groups is 1. The summed E-state index contributed by atoms with van der Waals surface area (Å²) >= 11 is 1.37. The summed E-state index contributed by atoms with van der Waals surface area (Å²) in [5, 5.41) is 16.4. The van der Waals surface area contributed by atoms with Crippen molar-refractivity contribution in [3.8, 4) is 5.69 Å². The van der Waals surface area contributed by atoms with Gasteiger partial charge in [0.2, 0.25) is 5.91 Å².